The van der Waals surface area contributed by atoms with Gasteiger partial charge in [0.1, 0.15) is 0 Å². The predicted octanol–water partition coefficient (Wildman–Crippen LogP) is 23.2. The lowest BCUT2D eigenvalue weighted by atomic mass is 10.00. The van der Waals surface area contributed by atoms with Crippen molar-refractivity contribution in [3.05, 3.63) is 0 Å². The number of hydrogen-bond donors (Lipinski definition) is 17. The van der Waals surface area contributed by atoms with Gasteiger partial charge in [-0.3, -0.25) is 28.8 Å². The summed E-state index contributed by atoms with van der Waals surface area (Å²) >= 11 is 0. The first kappa shape index (κ1) is 159. The maximum Gasteiger partial charge on any atom is 0.305 e. The molecule has 0 bridgehead atoms. The van der Waals surface area contributed by atoms with E-state index in [0.29, 0.717) is 97.2 Å². The van der Waals surface area contributed by atoms with Crippen molar-refractivity contribution < 1.29 is 144 Å². The fourth-order valence-corrected chi connectivity index (χ4v) is 16.2. The number of ether oxygens (including phenoxy) is 6. The Hall–Kier alpha value is -3.86. The van der Waals surface area contributed by atoms with E-state index in [1.165, 1.54) is 109 Å². The molecule has 29 nitrogen and oxygen atoms in total. The molecule has 0 saturated carbocycles. The molecule has 0 aromatic rings. The number of carbonyl (C=O) groups excluding carboxylic acids is 6. The highest BCUT2D eigenvalue weighted by atomic mass is 16.6. The molecule has 0 aromatic carbocycles. The number of hydrogen-bond acceptors (Lipinski definition) is 29. The Morgan fingerprint density at radius 1 is 0.167 bits per heavy atom. The number of rotatable bonds is 106. The van der Waals surface area contributed by atoms with Crippen molar-refractivity contribution >= 4 is 35.8 Å². The second-order valence-corrected chi connectivity index (χ2v) is 43.2. The van der Waals surface area contributed by atoms with Gasteiger partial charge in [0, 0.05) is 140 Å². The van der Waals surface area contributed by atoms with Crippen LogP contribution in [-0.2, 0) is 57.2 Å². The predicted molar refractivity (Wildman–Crippen MR) is 607 cm³/mol. The first-order chi connectivity index (χ1) is 72.0. The molecule has 902 valence electrons. The van der Waals surface area contributed by atoms with Crippen molar-refractivity contribution in [1.82, 2.24) is 0 Å². The Balaban J connectivity index is -0.000000327. The van der Waals surface area contributed by atoms with E-state index in [-0.39, 0.29) is 170 Å². The van der Waals surface area contributed by atoms with Crippen molar-refractivity contribution in [3.63, 3.8) is 0 Å². The number of unbranched alkanes of at least 4 members (excludes halogenated alkanes) is 50. The molecule has 29 heteroatoms. The molecule has 0 amide bonds. The summed E-state index contributed by atoms with van der Waals surface area (Å²) < 4.78 is 30.5. The fourth-order valence-electron chi connectivity index (χ4n) is 16.2. The molecule has 17 N–H and O–H groups in total. The van der Waals surface area contributed by atoms with E-state index in [1.54, 1.807) is 0 Å². The molecule has 0 aliphatic carbocycles. The van der Waals surface area contributed by atoms with Crippen molar-refractivity contribution in [1.29, 1.82) is 0 Å². The maximum atomic E-state index is 11.5. The monoisotopic (exact) mass is 2160 g/mol. The zero-order chi connectivity index (χ0) is 112. The molecule has 0 rings (SSSR count). The van der Waals surface area contributed by atoms with E-state index >= 15 is 0 Å². The molecular weight excluding hydrogens is 1920 g/mol. The lowest BCUT2D eigenvalue weighted by Gasteiger charge is -2.17. The lowest BCUT2D eigenvalue weighted by Crippen LogP contribution is -2.25. The van der Waals surface area contributed by atoms with Crippen LogP contribution in [0.25, 0.3) is 0 Å². The quantitative estimate of drug-likeness (QED) is 0.0153. The molecule has 0 aliphatic heterocycles. The summed E-state index contributed by atoms with van der Waals surface area (Å²) in [6, 6.07) is 0. The molecule has 0 fully saturated rings. The fraction of sp³-hybridized carbons (Fsp3) is 0.950. The molecule has 13 unspecified atom stereocenters. The third-order valence-electron chi connectivity index (χ3n) is 26.8. The van der Waals surface area contributed by atoms with Crippen LogP contribution in [0.3, 0.4) is 0 Å². The standard InChI is InChI=1S/C20H40O6.3C20H40O5.2C20H40O4.CH4/c1-17(15-22)16-26-20(25)13-9-4-2-3-7-11-18(23)19(24)12-8-5-6-10-14-21;1-18(16-22)17-25-20(24)14-10-6-2-4-8-12-19(23)13-9-5-3-7-11-15-21;1-18(16-22)17-25-20(24)14-10-5-3-2-4-8-12-19(23)13-9-6-7-11-15-21;1-3-4-5-9-12-18(22)19(23)13-10-7-6-8-11-14-20(24)25-16-17(2)15-21;1-19(17-22)18-24-20(23)15-13-11-9-7-5-3-2-4-6-8-10-12-14-16-21;1-3-4-5-10-13-19(22)14-11-8-6-7-9-12-15-20(23)24-17-18(2)16-21;/h17-19,21-24H,2-16H2,1H3;2*18-19,21-23H,2-17H2,1H3;17-19,21-23H,3-16H2,1-2H3;19,21-22H,2-18H2,1H3;18-19,21-22H,3-17H2,1-2H3;1H4. The molecule has 13 atom stereocenters. The zero-order valence-corrected chi connectivity index (χ0v) is 96.8. The summed E-state index contributed by atoms with van der Waals surface area (Å²) in [4.78, 5) is 68.8. The minimum Gasteiger partial charge on any atom is -0.465 e. The van der Waals surface area contributed by atoms with Gasteiger partial charge in [-0.2, -0.15) is 0 Å². The number of esters is 6. The topological polar surface area (TPSA) is 502 Å². The Morgan fingerprint density at radius 3 is 0.407 bits per heavy atom. The molecule has 0 saturated heterocycles. The van der Waals surface area contributed by atoms with Crippen LogP contribution < -0.4 is 0 Å². The van der Waals surface area contributed by atoms with Crippen LogP contribution in [0.2, 0.25) is 0 Å². The van der Waals surface area contributed by atoms with E-state index in [0.717, 1.165) is 321 Å². The molecule has 0 radical (unpaired) electrons. The van der Waals surface area contributed by atoms with Gasteiger partial charge in [0.2, 0.25) is 0 Å². The van der Waals surface area contributed by atoms with Crippen LogP contribution in [0.1, 0.15) is 557 Å². The van der Waals surface area contributed by atoms with Crippen molar-refractivity contribution in [2.75, 3.05) is 106 Å². The van der Waals surface area contributed by atoms with Gasteiger partial charge in [-0.15, -0.1) is 0 Å². The van der Waals surface area contributed by atoms with E-state index < -0.39 is 24.4 Å². The minimum absolute atomic E-state index is 0. The van der Waals surface area contributed by atoms with E-state index in [9.17, 15) is 64.5 Å². The number of carbonyl (C=O) groups is 6. The lowest BCUT2D eigenvalue weighted by molar-refractivity contribution is -0.146. The molecule has 0 spiro atoms. The van der Waals surface area contributed by atoms with Crippen molar-refractivity contribution in [3.8, 4) is 0 Å². The van der Waals surface area contributed by atoms with Crippen molar-refractivity contribution in [2.45, 2.75) is 600 Å². The summed E-state index contributed by atoms with van der Waals surface area (Å²) in [6.45, 7) is 18.6. The third-order valence-corrected chi connectivity index (χ3v) is 26.8. The van der Waals surface area contributed by atoms with Crippen LogP contribution in [0.15, 0.2) is 0 Å². The van der Waals surface area contributed by atoms with Gasteiger partial charge >= 0.3 is 35.8 Å². The van der Waals surface area contributed by atoms with Gasteiger partial charge < -0.3 is 115 Å². The SMILES string of the molecule is C.CC(CO)COC(=O)CCCCCCCC(O)C(O)CCCCCCO.CC(CO)COC(=O)CCCCCCCC(O)CCCCCCCO.CC(CO)COC(=O)CCCCCCCCC(O)CCCCCCO.CC(CO)COC(=O)CCCCCCCCCCCCCCCO.CCCCCCC(O)C(O)CCCCCCCC(=O)OCC(C)CO.CCCCCCC(O)CCCCCCCCC(=O)OCC(C)CO. The molecule has 150 heavy (non-hydrogen) atoms. The summed E-state index contributed by atoms with van der Waals surface area (Å²) in [7, 11) is 0. The molecular formula is C121H244O29. The maximum absolute atomic E-state index is 11.5. The highest BCUT2D eigenvalue weighted by Crippen LogP contribution is 2.23. The Kier molecular flexibility index (Phi) is 138. The van der Waals surface area contributed by atoms with Gasteiger partial charge in [0.15, 0.2) is 0 Å². The van der Waals surface area contributed by atoms with Gasteiger partial charge in [0.05, 0.1) is 82.4 Å². The molecule has 0 aliphatic rings. The Labute approximate surface area is 916 Å². The van der Waals surface area contributed by atoms with Gasteiger partial charge in [0.25, 0.3) is 0 Å². The van der Waals surface area contributed by atoms with E-state index in [2.05, 4.69) is 13.8 Å². The van der Waals surface area contributed by atoms with Gasteiger partial charge in [-0.1, -0.05) is 390 Å². The normalized spacial score (nSPS) is 13.7. The van der Waals surface area contributed by atoms with Crippen LogP contribution in [0, 0.1) is 35.5 Å². The smallest absolute Gasteiger partial charge is 0.305 e. The van der Waals surface area contributed by atoms with Crippen LogP contribution >= 0.6 is 0 Å². The van der Waals surface area contributed by atoms with Gasteiger partial charge in [-0.25, -0.2) is 0 Å². The largest absolute Gasteiger partial charge is 0.465 e. The molecule has 0 aromatic heterocycles. The van der Waals surface area contributed by atoms with E-state index in [4.69, 9.17) is 79.5 Å². The Morgan fingerprint density at radius 2 is 0.280 bits per heavy atom. The van der Waals surface area contributed by atoms with Crippen LogP contribution in [0.4, 0.5) is 0 Å². The number of aliphatic hydroxyl groups is 17. The third kappa shape index (κ3) is 135. The summed E-state index contributed by atoms with van der Waals surface area (Å²) in [5.74, 6) is -0.947. The van der Waals surface area contributed by atoms with Crippen LogP contribution in [-0.4, -0.2) is 271 Å². The van der Waals surface area contributed by atoms with Crippen molar-refractivity contribution in [2.24, 2.45) is 35.5 Å². The second-order valence-electron chi connectivity index (χ2n) is 43.2. The van der Waals surface area contributed by atoms with Crippen LogP contribution in [0.5, 0.6) is 0 Å². The number of aliphatic hydroxyl groups excluding tert-OH is 17. The van der Waals surface area contributed by atoms with Gasteiger partial charge in [-0.05, 0) is 128 Å². The van der Waals surface area contributed by atoms with E-state index in [1.807, 2.05) is 41.5 Å². The average molecular weight is 2160 g/mol. The first-order valence-electron chi connectivity index (χ1n) is 60.8. The highest BCUT2D eigenvalue weighted by Gasteiger charge is 2.20. The summed E-state index contributed by atoms with van der Waals surface area (Å²) in [6.07, 6.45) is 73.5. The second kappa shape index (κ2) is 130. The molecule has 0 heterocycles. The zero-order valence-electron chi connectivity index (χ0n) is 96.8. The minimum atomic E-state index is -0.656. The first-order valence-corrected chi connectivity index (χ1v) is 60.8. The average Bonchev–Trinajstić information content (AvgIpc) is 0.972. The summed E-state index contributed by atoms with van der Waals surface area (Å²) in [5.41, 5.74) is 0. The summed E-state index contributed by atoms with van der Waals surface area (Å²) in [5, 5.41) is 157. The highest BCUT2D eigenvalue weighted by molar-refractivity contribution is 5.71. The Bertz CT molecular complexity index is 2670.